The summed E-state index contributed by atoms with van der Waals surface area (Å²) < 4.78 is 38.5. The van der Waals surface area contributed by atoms with E-state index in [0.29, 0.717) is 19.3 Å². The number of rotatable bonds is 2. The fourth-order valence-electron chi connectivity index (χ4n) is 2.26. The maximum absolute atomic E-state index is 12.8. The van der Waals surface area contributed by atoms with Crippen LogP contribution in [-0.4, -0.2) is 23.1 Å². The first-order valence-electron chi connectivity index (χ1n) is 5.74. The van der Waals surface area contributed by atoms with Crippen LogP contribution in [0.15, 0.2) is 10.9 Å². The molecule has 1 aromatic rings. The Labute approximate surface area is 106 Å². The van der Waals surface area contributed by atoms with E-state index in [2.05, 4.69) is 10.3 Å². The fourth-order valence-corrected chi connectivity index (χ4v) is 2.79. The van der Waals surface area contributed by atoms with Crippen molar-refractivity contribution >= 4 is 17.2 Å². The molecule has 1 aromatic heterocycles. The molecule has 18 heavy (non-hydrogen) atoms. The molecule has 0 spiro atoms. The average molecular weight is 278 g/mol. The molecule has 0 bridgehead atoms. The predicted molar refractivity (Wildman–Crippen MR) is 61.4 cm³/mol. The second-order valence-corrected chi connectivity index (χ2v) is 5.10. The molecule has 2 unspecified atom stereocenters. The summed E-state index contributed by atoms with van der Waals surface area (Å²) in [5, 5.41) is 3.99. The SMILES string of the molecule is O=C(NC1CCCCC1C(F)(F)F)c1cscn1. The molecule has 1 N–H and O–H groups in total. The van der Waals surface area contributed by atoms with Crippen LogP contribution >= 0.6 is 11.3 Å². The van der Waals surface area contributed by atoms with Crippen LogP contribution in [0.3, 0.4) is 0 Å². The van der Waals surface area contributed by atoms with Gasteiger partial charge in [-0.3, -0.25) is 4.79 Å². The fraction of sp³-hybridized carbons (Fsp3) is 0.636. The van der Waals surface area contributed by atoms with Crippen LogP contribution in [-0.2, 0) is 0 Å². The Hall–Kier alpha value is -1.11. The second-order valence-electron chi connectivity index (χ2n) is 4.39. The number of nitrogens with zero attached hydrogens (tertiary/aromatic N) is 1. The Balaban J connectivity index is 2.04. The highest BCUT2D eigenvalue weighted by molar-refractivity contribution is 7.07. The number of amides is 1. The molecule has 1 fully saturated rings. The molecular formula is C11H13F3N2OS. The van der Waals surface area contributed by atoms with Gasteiger partial charge in [0.2, 0.25) is 0 Å². The zero-order valence-electron chi connectivity index (χ0n) is 9.54. The predicted octanol–water partition coefficient (Wildman–Crippen LogP) is 2.99. The van der Waals surface area contributed by atoms with Crippen molar-refractivity contribution in [3.05, 3.63) is 16.6 Å². The summed E-state index contributed by atoms with van der Waals surface area (Å²) in [5.74, 6) is -1.95. The van der Waals surface area contributed by atoms with Crippen LogP contribution in [0.25, 0.3) is 0 Å². The molecular weight excluding hydrogens is 265 g/mol. The third kappa shape index (κ3) is 3.01. The lowest BCUT2D eigenvalue weighted by molar-refractivity contribution is -0.187. The molecule has 0 aliphatic heterocycles. The number of carbonyl (C=O) groups is 1. The van der Waals surface area contributed by atoms with E-state index in [0.717, 1.165) is 0 Å². The van der Waals surface area contributed by atoms with E-state index in [1.54, 1.807) is 0 Å². The van der Waals surface area contributed by atoms with Gasteiger partial charge in [0.1, 0.15) is 5.69 Å². The van der Waals surface area contributed by atoms with Gasteiger partial charge in [-0.25, -0.2) is 4.98 Å². The highest BCUT2D eigenvalue weighted by atomic mass is 32.1. The van der Waals surface area contributed by atoms with Gasteiger partial charge < -0.3 is 5.32 Å². The maximum atomic E-state index is 12.8. The first kappa shape index (κ1) is 13.3. The van der Waals surface area contributed by atoms with Gasteiger partial charge in [0, 0.05) is 11.4 Å². The van der Waals surface area contributed by atoms with Crippen LogP contribution in [0.4, 0.5) is 13.2 Å². The highest BCUT2D eigenvalue weighted by Crippen LogP contribution is 2.37. The monoisotopic (exact) mass is 278 g/mol. The van der Waals surface area contributed by atoms with E-state index in [4.69, 9.17) is 0 Å². The minimum Gasteiger partial charge on any atom is -0.347 e. The van der Waals surface area contributed by atoms with E-state index >= 15 is 0 Å². The van der Waals surface area contributed by atoms with Crippen LogP contribution in [0.2, 0.25) is 0 Å². The molecule has 3 nitrogen and oxygen atoms in total. The van der Waals surface area contributed by atoms with Crippen LogP contribution in [0, 0.1) is 5.92 Å². The number of carbonyl (C=O) groups excluding carboxylic acids is 1. The summed E-state index contributed by atoms with van der Waals surface area (Å²) in [6, 6.07) is -0.826. The number of aromatic nitrogens is 1. The van der Waals surface area contributed by atoms with Crippen LogP contribution < -0.4 is 5.32 Å². The first-order chi connectivity index (χ1) is 8.48. The van der Waals surface area contributed by atoms with E-state index in [9.17, 15) is 18.0 Å². The molecule has 1 amide bonds. The zero-order chi connectivity index (χ0) is 13.2. The van der Waals surface area contributed by atoms with Crippen molar-refractivity contribution in [1.29, 1.82) is 0 Å². The molecule has 0 radical (unpaired) electrons. The Bertz CT molecular complexity index is 405. The van der Waals surface area contributed by atoms with Crippen molar-refractivity contribution < 1.29 is 18.0 Å². The van der Waals surface area contributed by atoms with E-state index < -0.39 is 24.0 Å². The maximum Gasteiger partial charge on any atom is 0.393 e. The van der Waals surface area contributed by atoms with Gasteiger partial charge in [-0.1, -0.05) is 12.8 Å². The van der Waals surface area contributed by atoms with Crippen molar-refractivity contribution in [2.75, 3.05) is 0 Å². The largest absolute Gasteiger partial charge is 0.393 e. The first-order valence-corrected chi connectivity index (χ1v) is 6.68. The summed E-state index contributed by atoms with van der Waals surface area (Å²) in [6.07, 6.45) is -2.51. The Morgan fingerprint density at radius 3 is 2.72 bits per heavy atom. The molecule has 0 aromatic carbocycles. The minimum atomic E-state index is -4.25. The number of halogens is 3. The lowest BCUT2D eigenvalue weighted by Crippen LogP contribution is -2.47. The number of hydrogen-bond acceptors (Lipinski definition) is 3. The molecule has 1 aliphatic rings. The minimum absolute atomic E-state index is 0.0888. The van der Waals surface area contributed by atoms with Gasteiger partial charge in [0.25, 0.3) is 5.91 Å². The average Bonchev–Trinajstić information content (AvgIpc) is 2.81. The molecule has 2 atom stereocenters. The number of thiazole rings is 1. The van der Waals surface area contributed by atoms with Gasteiger partial charge in [-0.2, -0.15) is 13.2 Å². The van der Waals surface area contributed by atoms with Gasteiger partial charge in [0.15, 0.2) is 0 Å². The second kappa shape index (κ2) is 5.26. The van der Waals surface area contributed by atoms with Gasteiger partial charge >= 0.3 is 6.18 Å². The van der Waals surface area contributed by atoms with Gasteiger partial charge in [0.05, 0.1) is 11.4 Å². The van der Waals surface area contributed by atoms with Crippen molar-refractivity contribution in [3.63, 3.8) is 0 Å². The Kier molecular flexibility index (Phi) is 3.89. The molecule has 7 heteroatoms. The smallest absolute Gasteiger partial charge is 0.347 e. The van der Waals surface area contributed by atoms with E-state index in [1.807, 2.05) is 0 Å². The van der Waals surface area contributed by atoms with Crippen LogP contribution in [0.5, 0.6) is 0 Å². The molecule has 2 rings (SSSR count). The normalized spacial score (nSPS) is 24.8. The van der Waals surface area contributed by atoms with Crippen LogP contribution in [0.1, 0.15) is 36.2 Å². The molecule has 100 valence electrons. The highest BCUT2D eigenvalue weighted by Gasteiger charge is 2.46. The number of nitrogens with one attached hydrogen (secondary N) is 1. The molecule has 1 heterocycles. The van der Waals surface area contributed by atoms with E-state index in [-0.39, 0.29) is 12.1 Å². The van der Waals surface area contributed by atoms with Crippen molar-refractivity contribution in [1.82, 2.24) is 10.3 Å². The topological polar surface area (TPSA) is 42.0 Å². The molecule has 1 aliphatic carbocycles. The standard InChI is InChI=1S/C11H13F3N2OS/c12-11(13,14)7-3-1-2-4-8(7)16-10(17)9-5-18-6-15-9/h5-8H,1-4H2,(H,16,17). The van der Waals surface area contributed by atoms with Crippen molar-refractivity contribution in [2.45, 2.75) is 37.9 Å². The molecule has 1 saturated carbocycles. The number of hydrogen-bond donors (Lipinski definition) is 1. The lowest BCUT2D eigenvalue weighted by atomic mass is 9.84. The summed E-state index contributed by atoms with van der Waals surface area (Å²) in [7, 11) is 0. The summed E-state index contributed by atoms with van der Waals surface area (Å²) in [4.78, 5) is 15.5. The van der Waals surface area contributed by atoms with Crippen molar-refractivity contribution in [2.24, 2.45) is 5.92 Å². The van der Waals surface area contributed by atoms with Crippen molar-refractivity contribution in [3.8, 4) is 0 Å². The number of alkyl halides is 3. The molecule has 0 saturated heterocycles. The Morgan fingerprint density at radius 2 is 2.11 bits per heavy atom. The Morgan fingerprint density at radius 1 is 1.39 bits per heavy atom. The summed E-state index contributed by atoms with van der Waals surface area (Å²) in [6.45, 7) is 0. The summed E-state index contributed by atoms with van der Waals surface area (Å²) >= 11 is 1.24. The third-order valence-electron chi connectivity index (χ3n) is 3.17. The third-order valence-corrected chi connectivity index (χ3v) is 3.75. The quantitative estimate of drug-likeness (QED) is 0.903. The zero-order valence-corrected chi connectivity index (χ0v) is 10.4. The summed E-state index contributed by atoms with van der Waals surface area (Å²) in [5.41, 5.74) is 1.67. The van der Waals surface area contributed by atoms with Gasteiger partial charge in [-0.15, -0.1) is 11.3 Å². The van der Waals surface area contributed by atoms with E-state index in [1.165, 1.54) is 22.2 Å². The lowest BCUT2D eigenvalue weighted by Gasteiger charge is -2.33. The van der Waals surface area contributed by atoms with Gasteiger partial charge in [-0.05, 0) is 12.8 Å².